The molecule has 5 heteroatoms. The summed E-state index contributed by atoms with van der Waals surface area (Å²) in [6.07, 6.45) is 0. The molecular weight excluding hydrogens is 254 g/mol. The van der Waals surface area contributed by atoms with E-state index in [0.29, 0.717) is 12.1 Å². The van der Waals surface area contributed by atoms with Gasteiger partial charge in [0.05, 0.1) is 4.92 Å². The second-order valence-electron chi connectivity index (χ2n) is 4.60. The van der Waals surface area contributed by atoms with Gasteiger partial charge in [-0.2, -0.15) is 0 Å². The molecule has 0 heterocycles. The Morgan fingerprint density at radius 1 is 1.20 bits per heavy atom. The van der Waals surface area contributed by atoms with Crippen molar-refractivity contribution in [3.05, 3.63) is 69.8 Å². The monoisotopic (exact) mass is 271 g/mol. The summed E-state index contributed by atoms with van der Waals surface area (Å²) in [6, 6.07) is 14.6. The van der Waals surface area contributed by atoms with Crippen LogP contribution in [0.25, 0.3) is 0 Å². The second-order valence-corrected chi connectivity index (χ2v) is 4.60. The van der Waals surface area contributed by atoms with Crippen LogP contribution in [0.4, 0.5) is 11.4 Å². The molecule has 0 aromatic heterocycles. The van der Waals surface area contributed by atoms with E-state index >= 15 is 0 Å². The normalized spacial score (nSPS) is 11.9. The Labute approximate surface area is 117 Å². The Balaban J connectivity index is 2.08. The molecule has 0 fully saturated rings. The Hall–Kier alpha value is -2.40. The van der Waals surface area contributed by atoms with E-state index in [1.807, 2.05) is 36.4 Å². The lowest BCUT2D eigenvalue weighted by molar-refractivity contribution is -0.385. The Kier molecular flexibility index (Phi) is 4.32. The van der Waals surface area contributed by atoms with Crippen molar-refractivity contribution >= 4 is 11.4 Å². The van der Waals surface area contributed by atoms with Gasteiger partial charge in [0.15, 0.2) is 0 Å². The predicted molar refractivity (Wildman–Crippen MR) is 79.7 cm³/mol. The number of anilines is 1. The van der Waals surface area contributed by atoms with Crippen molar-refractivity contribution in [1.29, 1.82) is 0 Å². The molecule has 0 aliphatic carbocycles. The van der Waals surface area contributed by atoms with Gasteiger partial charge in [0.2, 0.25) is 0 Å². The zero-order chi connectivity index (χ0) is 14.5. The third-order valence-corrected chi connectivity index (χ3v) is 3.24. The number of benzene rings is 2. The van der Waals surface area contributed by atoms with E-state index in [2.05, 4.69) is 5.32 Å². The second kappa shape index (κ2) is 6.16. The molecule has 0 saturated carbocycles. The lowest BCUT2D eigenvalue weighted by Crippen LogP contribution is -2.20. The average Bonchev–Trinajstić information content (AvgIpc) is 2.46. The fourth-order valence-corrected chi connectivity index (χ4v) is 2.05. The minimum atomic E-state index is -0.377. The van der Waals surface area contributed by atoms with E-state index in [1.54, 1.807) is 13.0 Å². The number of nitrogens with two attached hydrogens (primary N) is 1. The number of nitrogens with one attached hydrogen (secondary N) is 1. The summed E-state index contributed by atoms with van der Waals surface area (Å²) >= 11 is 0. The summed E-state index contributed by atoms with van der Waals surface area (Å²) in [5, 5.41) is 14.1. The van der Waals surface area contributed by atoms with Crippen LogP contribution in [0.3, 0.4) is 0 Å². The van der Waals surface area contributed by atoms with Gasteiger partial charge in [0.1, 0.15) is 0 Å². The number of hydrogen-bond acceptors (Lipinski definition) is 4. The molecule has 3 N–H and O–H groups in total. The summed E-state index contributed by atoms with van der Waals surface area (Å²) in [4.78, 5) is 10.5. The molecule has 0 radical (unpaired) electrons. The maximum Gasteiger partial charge on any atom is 0.274 e. The van der Waals surface area contributed by atoms with E-state index in [4.69, 9.17) is 5.73 Å². The van der Waals surface area contributed by atoms with Crippen molar-refractivity contribution in [3.8, 4) is 0 Å². The summed E-state index contributed by atoms with van der Waals surface area (Å²) in [7, 11) is 0. The Morgan fingerprint density at radius 2 is 1.90 bits per heavy atom. The van der Waals surface area contributed by atoms with Crippen molar-refractivity contribution in [1.82, 2.24) is 0 Å². The lowest BCUT2D eigenvalue weighted by atomic mass is 10.1. The van der Waals surface area contributed by atoms with Crippen LogP contribution in [0.2, 0.25) is 0 Å². The van der Waals surface area contributed by atoms with Gasteiger partial charge in [-0.3, -0.25) is 10.1 Å². The SMILES string of the molecule is Cc1c(NCC(N)c2ccccc2)cccc1[N+](=O)[O-]. The van der Waals surface area contributed by atoms with Gasteiger partial charge in [-0.05, 0) is 18.6 Å². The van der Waals surface area contributed by atoms with Crippen LogP contribution in [0.15, 0.2) is 48.5 Å². The fourth-order valence-electron chi connectivity index (χ4n) is 2.05. The maximum atomic E-state index is 10.9. The van der Waals surface area contributed by atoms with Gasteiger partial charge >= 0.3 is 0 Å². The number of hydrogen-bond donors (Lipinski definition) is 2. The van der Waals surface area contributed by atoms with Crippen molar-refractivity contribution in [2.45, 2.75) is 13.0 Å². The van der Waals surface area contributed by atoms with Gasteiger partial charge in [-0.1, -0.05) is 36.4 Å². The first-order valence-corrected chi connectivity index (χ1v) is 6.38. The van der Waals surface area contributed by atoms with E-state index < -0.39 is 0 Å². The molecule has 2 aromatic carbocycles. The van der Waals surface area contributed by atoms with Crippen molar-refractivity contribution in [2.24, 2.45) is 5.73 Å². The van der Waals surface area contributed by atoms with Crippen LogP contribution in [-0.4, -0.2) is 11.5 Å². The third-order valence-electron chi connectivity index (χ3n) is 3.24. The number of nitro groups is 1. The third kappa shape index (κ3) is 3.13. The summed E-state index contributed by atoms with van der Waals surface area (Å²) < 4.78 is 0. The standard InChI is InChI=1S/C15H17N3O2/c1-11-14(8-5-9-15(11)18(19)20)17-10-13(16)12-6-3-2-4-7-12/h2-9,13,17H,10,16H2,1H3. The number of nitrogens with zero attached hydrogens (tertiary/aromatic N) is 1. The van der Waals surface area contributed by atoms with E-state index in [9.17, 15) is 10.1 Å². The quantitative estimate of drug-likeness (QED) is 0.647. The topological polar surface area (TPSA) is 81.2 Å². The molecule has 0 saturated heterocycles. The predicted octanol–water partition coefficient (Wildman–Crippen LogP) is 3.02. The van der Waals surface area contributed by atoms with Crippen molar-refractivity contribution in [3.63, 3.8) is 0 Å². The Bertz CT molecular complexity index is 599. The number of rotatable bonds is 5. The van der Waals surface area contributed by atoms with Crippen molar-refractivity contribution in [2.75, 3.05) is 11.9 Å². The van der Waals surface area contributed by atoms with Crippen LogP contribution in [-0.2, 0) is 0 Å². The van der Waals surface area contributed by atoms with E-state index in [-0.39, 0.29) is 16.7 Å². The summed E-state index contributed by atoms with van der Waals surface area (Å²) in [6.45, 7) is 2.25. The zero-order valence-corrected chi connectivity index (χ0v) is 11.2. The highest BCUT2D eigenvalue weighted by molar-refractivity contribution is 5.59. The van der Waals surface area contributed by atoms with E-state index in [1.165, 1.54) is 6.07 Å². The van der Waals surface area contributed by atoms with Crippen LogP contribution >= 0.6 is 0 Å². The highest BCUT2D eigenvalue weighted by Gasteiger charge is 2.13. The smallest absolute Gasteiger partial charge is 0.274 e. The molecule has 0 spiro atoms. The first-order chi connectivity index (χ1) is 9.59. The highest BCUT2D eigenvalue weighted by atomic mass is 16.6. The first-order valence-electron chi connectivity index (χ1n) is 6.38. The highest BCUT2D eigenvalue weighted by Crippen LogP contribution is 2.25. The van der Waals surface area contributed by atoms with Gasteiger partial charge in [0, 0.05) is 29.9 Å². The molecule has 1 atom stereocenters. The lowest BCUT2D eigenvalue weighted by Gasteiger charge is -2.15. The van der Waals surface area contributed by atoms with Crippen LogP contribution in [0.5, 0.6) is 0 Å². The van der Waals surface area contributed by atoms with Crippen LogP contribution in [0.1, 0.15) is 17.2 Å². The number of nitro benzene ring substituents is 1. The minimum Gasteiger partial charge on any atom is -0.383 e. The molecule has 2 aromatic rings. The zero-order valence-electron chi connectivity index (χ0n) is 11.2. The van der Waals surface area contributed by atoms with Gasteiger partial charge < -0.3 is 11.1 Å². The first kappa shape index (κ1) is 14.0. The molecule has 5 nitrogen and oxygen atoms in total. The molecule has 104 valence electrons. The Morgan fingerprint density at radius 3 is 2.55 bits per heavy atom. The minimum absolute atomic E-state index is 0.114. The van der Waals surface area contributed by atoms with Crippen LogP contribution in [0, 0.1) is 17.0 Å². The average molecular weight is 271 g/mol. The van der Waals surface area contributed by atoms with Gasteiger partial charge in [-0.15, -0.1) is 0 Å². The maximum absolute atomic E-state index is 10.9. The molecule has 0 aliphatic rings. The summed E-state index contributed by atoms with van der Waals surface area (Å²) in [5.41, 5.74) is 8.60. The van der Waals surface area contributed by atoms with Crippen molar-refractivity contribution < 1.29 is 4.92 Å². The molecule has 20 heavy (non-hydrogen) atoms. The van der Waals surface area contributed by atoms with Gasteiger partial charge in [0.25, 0.3) is 5.69 Å². The fraction of sp³-hybridized carbons (Fsp3) is 0.200. The molecular formula is C15H17N3O2. The van der Waals surface area contributed by atoms with Gasteiger partial charge in [-0.25, -0.2) is 0 Å². The summed E-state index contributed by atoms with van der Waals surface area (Å²) in [5.74, 6) is 0. The molecule has 0 amide bonds. The molecule has 1 unspecified atom stereocenters. The molecule has 0 bridgehead atoms. The van der Waals surface area contributed by atoms with E-state index in [0.717, 1.165) is 11.3 Å². The largest absolute Gasteiger partial charge is 0.383 e. The molecule has 2 rings (SSSR count). The molecule has 0 aliphatic heterocycles. The van der Waals surface area contributed by atoms with Crippen LogP contribution < -0.4 is 11.1 Å².